The zero-order chi connectivity index (χ0) is 15.4. The molecule has 0 fully saturated rings. The van der Waals surface area contributed by atoms with Crippen LogP contribution >= 0.6 is 11.3 Å². The van der Waals surface area contributed by atoms with Crippen molar-refractivity contribution in [1.82, 2.24) is 15.3 Å². The first kappa shape index (κ1) is 14.9. The maximum absolute atomic E-state index is 12.0. The van der Waals surface area contributed by atoms with Crippen molar-refractivity contribution in [2.75, 3.05) is 11.9 Å². The lowest BCUT2D eigenvalue weighted by Gasteiger charge is -2.16. The molecule has 2 N–H and O–H groups in total. The van der Waals surface area contributed by atoms with E-state index in [2.05, 4.69) is 15.3 Å². The number of aromatic nitrogens is 2. The highest BCUT2D eigenvalue weighted by atomic mass is 32.1. The van der Waals surface area contributed by atoms with Crippen LogP contribution in [0.15, 0.2) is 24.5 Å². The van der Waals surface area contributed by atoms with Gasteiger partial charge in [-0.2, -0.15) is 0 Å². The SMILES string of the molecule is Cc1nc(CNC(=O)N(C)c2cccnc2)sc1C(=O)O. The summed E-state index contributed by atoms with van der Waals surface area (Å²) in [6, 6.07) is 3.19. The Kier molecular flexibility index (Phi) is 4.49. The lowest BCUT2D eigenvalue weighted by Crippen LogP contribution is -2.36. The second-order valence-electron chi connectivity index (χ2n) is 4.26. The molecule has 2 heterocycles. The third kappa shape index (κ3) is 3.54. The van der Waals surface area contributed by atoms with Crippen molar-refractivity contribution in [2.45, 2.75) is 13.5 Å². The van der Waals surface area contributed by atoms with E-state index in [0.717, 1.165) is 11.3 Å². The molecule has 0 spiro atoms. The Labute approximate surface area is 125 Å². The first-order valence-corrected chi connectivity index (χ1v) is 6.92. The van der Waals surface area contributed by atoms with Crippen LogP contribution in [-0.2, 0) is 6.54 Å². The molecule has 0 saturated carbocycles. The molecule has 0 radical (unpaired) electrons. The summed E-state index contributed by atoms with van der Waals surface area (Å²) < 4.78 is 0. The van der Waals surface area contributed by atoms with Crippen LogP contribution in [0.4, 0.5) is 10.5 Å². The average molecular weight is 306 g/mol. The van der Waals surface area contributed by atoms with E-state index in [1.54, 1.807) is 38.5 Å². The summed E-state index contributed by atoms with van der Waals surface area (Å²) in [7, 11) is 1.63. The topological polar surface area (TPSA) is 95.4 Å². The third-order valence-electron chi connectivity index (χ3n) is 2.76. The predicted molar refractivity (Wildman–Crippen MR) is 78.7 cm³/mol. The number of urea groups is 1. The van der Waals surface area contributed by atoms with Crippen molar-refractivity contribution in [3.05, 3.63) is 40.1 Å². The molecule has 2 aromatic heterocycles. The molecule has 0 aliphatic carbocycles. The summed E-state index contributed by atoms with van der Waals surface area (Å²) in [5.74, 6) is -1.00. The monoisotopic (exact) mass is 306 g/mol. The number of pyridine rings is 1. The van der Waals surface area contributed by atoms with Gasteiger partial charge in [-0.1, -0.05) is 0 Å². The Morgan fingerprint density at radius 3 is 2.81 bits per heavy atom. The van der Waals surface area contributed by atoms with Crippen molar-refractivity contribution in [1.29, 1.82) is 0 Å². The number of carboxylic acid groups (broad SMARTS) is 1. The average Bonchev–Trinajstić information content (AvgIpc) is 2.86. The number of aromatic carboxylic acids is 1. The van der Waals surface area contributed by atoms with Crippen LogP contribution < -0.4 is 10.2 Å². The third-order valence-corrected chi connectivity index (χ3v) is 3.91. The summed E-state index contributed by atoms with van der Waals surface area (Å²) in [4.78, 5) is 32.6. The lowest BCUT2D eigenvalue weighted by molar-refractivity contribution is 0.0701. The molecule has 2 amide bonds. The summed E-state index contributed by atoms with van der Waals surface area (Å²) in [5, 5.41) is 12.2. The van der Waals surface area contributed by atoms with Gasteiger partial charge in [0.05, 0.1) is 24.1 Å². The van der Waals surface area contributed by atoms with Crippen molar-refractivity contribution in [3.8, 4) is 0 Å². The number of carbonyl (C=O) groups is 2. The fourth-order valence-corrected chi connectivity index (χ4v) is 2.51. The first-order chi connectivity index (χ1) is 9.99. The minimum Gasteiger partial charge on any atom is -0.477 e. The molecule has 0 bridgehead atoms. The van der Waals surface area contributed by atoms with Gasteiger partial charge in [-0.3, -0.25) is 9.88 Å². The molecule has 8 heteroatoms. The number of nitrogens with one attached hydrogen (secondary N) is 1. The summed E-state index contributed by atoms with van der Waals surface area (Å²) in [6.45, 7) is 1.81. The number of aryl methyl sites for hydroxylation is 1. The molecule has 0 atom stereocenters. The lowest BCUT2D eigenvalue weighted by atomic mass is 10.4. The number of hydrogen-bond donors (Lipinski definition) is 2. The molecule has 110 valence electrons. The summed E-state index contributed by atoms with van der Waals surface area (Å²) in [5.41, 5.74) is 1.12. The smallest absolute Gasteiger partial charge is 0.347 e. The summed E-state index contributed by atoms with van der Waals surface area (Å²) in [6.07, 6.45) is 3.21. The van der Waals surface area contributed by atoms with Gasteiger partial charge in [0.15, 0.2) is 0 Å². The van der Waals surface area contributed by atoms with E-state index in [-0.39, 0.29) is 17.5 Å². The molecule has 0 aliphatic heterocycles. The first-order valence-electron chi connectivity index (χ1n) is 6.10. The Morgan fingerprint density at radius 2 is 2.24 bits per heavy atom. The zero-order valence-corrected chi connectivity index (χ0v) is 12.3. The van der Waals surface area contributed by atoms with Crippen molar-refractivity contribution in [3.63, 3.8) is 0 Å². The molecule has 2 rings (SSSR count). The number of rotatable bonds is 4. The number of hydrogen-bond acceptors (Lipinski definition) is 5. The normalized spacial score (nSPS) is 10.2. The maximum atomic E-state index is 12.0. The predicted octanol–water partition coefficient (Wildman–Crippen LogP) is 1.89. The van der Waals surface area contributed by atoms with Crippen molar-refractivity contribution < 1.29 is 14.7 Å². The van der Waals surface area contributed by atoms with Crippen LogP contribution in [0, 0.1) is 6.92 Å². The zero-order valence-electron chi connectivity index (χ0n) is 11.5. The van der Waals surface area contributed by atoms with E-state index in [9.17, 15) is 9.59 Å². The highest BCUT2D eigenvalue weighted by molar-refractivity contribution is 7.13. The second kappa shape index (κ2) is 6.31. The highest BCUT2D eigenvalue weighted by Crippen LogP contribution is 2.18. The fraction of sp³-hybridized carbons (Fsp3) is 0.231. The molecule has 2 aromatic rings. The van der Waals surface area contributed by atoms with Gasteiger partial charge in [0.25, 0.3) is 0 Å². The van der Waals surface area contributed by atoms with Gasteiger partial charge in [-0.05, 0) is 19.1 Å². The number of anilines is 1. The number of nitrogens with zero attached hydrogens (tertiary/aromatic N) is 3. The van der Waals surface area contributed by atoms with E-state index in [1.165, 1.54) is 4.90 Å². The van der Waals surface area contributed by atoms with Crippen LogP contribution in [-0.4, -0.2) is 34.1 Å². The molecule has 21 heavy (non-hydrogen) atoms. The van der Waals surface area contributed by atoms with Crippen LogP contribution in [0.5, 0.6) is 0 Å². The Hall–Kier alpha value is -2.48. The largest absolute Gasteiger partial charge is 0.477 e. The van der Waals surface area contributed by atoms with Gasteiger partial charge in [-0.25, -0.2) is 14.6 Å². The van der Waals surface area contributed by atoms with Crippen molar-refractivity contribution in [2.24, 2.45) is 0 Å². The van der Waals surface area contributed by atoms with Crippen LogP contribution in [0.25, 0.3) is 0 Å². The number of carbonyl (C=O) groups excluding carboxylic acids is 1. The maximum Gasteiger partial charge on any atom is 0.347 e. The van der Waals surface area contributed by atoms with Crippen LogP contribution in [0.2, 0.25) is 0 Å². The molecule has 0 aliphatic rings. The molecular formula is C13H14N4O3S. The number of amides is 2. The van der Waals surface area contributed by atoms with Crippen LogP contribution in [0.1, 0.15) is 20.4 Å². The molecule has 0 aromatic carbocycles. The van der Waals surface area contributed by atoms with Crippen LogP contribution in [0.3, 0.4) is 0 Å². The van der Waals surface area contributed by atoms with Gasteiger partial charge in [-0.15, -0.1) is 11.3 Å². The van der Waals surface area contributed by atoms with Gasteiger partial charge < -0.3 is 10.4 Å². The van der Waals surface area contributed by atoms with E-state index in [0.29, 0.717) is 16.4 Å². The van der Waals surface area contributed by atoms with Gasteiger partial charge in [0.1, 0.15) is 9.88 Å². The standard InChI is InChI=1S/C13H14N4O3S/c1-8-11(12(18)19)21-10(16-8)7-15-13(20)17(2)9-4-3-5-14-6-9/h3-6H,7H2,1-2H3,(H,15,20)(H,18,19). The molecule has 7 nitrogen and oxygen atoms in total. The molecule has 0 unspecified atom stereocenters. The fourth-order valence-electron chi connectivity index (χ4n) is 1.67. The van der Waals surface area contributed by atoms with E-state index < -0.39 is 5.97 Å². The minimum absolute atomic E-state index is 0.183. The number of carboxylic acids is 1. The van der Waals surface area contributed by atoms with Gasteiger partial charge in [0.2, 0.25) is 0 Å². The van der Waals surface area contributed by atoms with Gasteiger partial charge >= 0.3 is 12.0 Å². The van der Waals surface area contributed by atoms with Gasteiger partial charge in [0, 0.05) is 13.2 Å². The van der Waals surface area contributed by atoms with E-state index >= 15 is 0 Å². The van der Waals surface area contributed by atoms with E-state index in [4.69, 9.17) is 5.11 Å². The Bertz CT molecular complexity index is 657. The van der Waals surface area contributed by atoms with Crippen molar-refractivity contribution >= 4 is 29.0 Å². The highest BCUT2D eigenvalue weighted by Gasteiger charge is 2.15. The Morgan fingerprint density at radius 1 is 1.48 bits per heavy atom. The minimum atomic E-state index is -1.00. The molecule has 0 saturated heterocycles. The number of thiazole rings is 1. The van der Waals surface area contributed by atoms with E-state index in [1.807, 2.05) is 0 Å². The summed E-state index contributed by atoms with van der Waals surface area (Å²) >= 11 is 1.06. The second-order valence-corrected chi connectivity index (χ2v) is 5.34. The quantitative estimate of drug-likeness (QED) is 0.899. The molecular weight excluding hydrogens is 292 g/mol. The Balaban J connectivity index is 1.98.